The van der Waals surface area contributed by atoms with Gasteiger partial charge >= 0.3 is 5.97 Å². The van der Waals surface area contributed by atoms with Crippen LogP contribution in [0.15, 0.2) is 36.4 Å². The molecule has 1 amide bonds. The summed E-state index contributed by atoms with van der Waals surface area (Å²) in [5, 5.41) is 7.81. The minimum atomic E-state index is -0.923. The van der Waals surface area contributed by atoms with E-state index < -0.39 is 5.54 Å². The Morgan fingerprint density at radius 3 is 2.62 bits per heavy atom. The van der Waals surface area contributed by atoms with E-state index in [0.717, 1.165) is 24.1 Å². The maximum Gasteiger partial charge on any atom is 0.331 e. The number of hydrogen-bond donors (Lipinski definition) is 1. The Morgan fingerprint density at radius 2 is 1.97 bits per heavy atom. The summed E-state index contributed by atoms with van der Waals surface area (Å²) in [5.74, 6) is -0.699. The van der Waals surface area contributed by atoms with Crippen LogP contribution < -0.4 is 5.32 Å². The number of carbonyl (C=O) groups is 2. The maximum atomic E-state index is 12.5. The quantitative estimate of drug-likeness (QED) is 0.549. The van der Waals surface area contributed by atoms with Gasteiger partial charge in [0.25, 0.3) is 0 Å². The van der Waals surface area contributed by atoms with Gasteiger partial charge in [0.15, 0.2) is 0 Å². The van der Waals surface area contributed by atoms with Gasteiger partial charge in [-0.3, -0.25) is 4.79 Å². The van der Waals surface area contributed by atoms with Crippen LogP contribution in [-0.2, 0) is 20.9 Å². The number of hydrogen-bond acceptors (Lipinski definition) is 4. The second kappa shape index (κ2) is 9.27. The Balaban J connectivity index is 1.72. The lowest BCUT2D eigenvalue weighted by Crippen LogP contribution is -2.52. The number of rotatable bonds is 7. The van der Waals surface area contributed by atoms with Crippen molar-refractivity contribution in [2.45, 2.75) is 51.6 Å². The van der Waals surface area contributed by atoms with Crippen LogP contribution >= 0.6 is 11.6 Å². The molecule has 0 aliphatic heterocycles. The number of aryl methyl sites for hydroxylation is 1. The first kappa shape index (κ1) is 21.1. The molecule has 0 bridgehead atoms. The molecule has 3 rings (SSSR count). The van der Waals surface area contributed by atoms with Crippen LogP contribution in [0.2, 0.25) is 5.15 Å². The van der Waals surface area contributed by atoms with Crippen molar-refractivity contribution in [3.05, 3.63) is 58.4 Å². The van der Waals surface area contributed by atoms with Gasteiger partial charge in [0, 0.05) is 11.6 Å². The van der Waals surface area contributed by atoms with Crippen LogP contribution in [0, 0.1) is 6.92 Å². The van der Waals surface area contributed by atoms with Crippen LogP contribution in [0.25, 0.3) is 6.08 Å². The standard InChI is InChI=1S/C22H26ClN3O3/c1-3-29-21(28)22(13-7-8-14-22)24-19(27)12-11-18-16(2)25-26(20(18)23)15-17-9-5-4-6-10-17/h4-6,9-12H,3,7-8,13-15H2,1-2H3,(H,24,27)/b12-11+. The lowest BCUT2D eigenvalue weighted by molar-refractivity contribution is -0.152. The molecule has 154 valence electrons. The number of esters is 1. The largest absolute Gasteiger partial charge is 0.464 e. The number of nitrogens with one attached hydrogen (secondary N) is 1. The molecule has 29 heavy (non-hydrogen) atoms. The summed E-state index contributed by atoms with van der Waals surface area (Å²) < 4.78 is 6.89. The van der Waals surface area contributed by atoms with Crippen molar-refractivity contribution in [2.24, 2.45) is 0 Å². The minimum absolute atomic E-state index is 0.293. The highest BCUT2D eigenvalue weighted by molar-refractivity contribution is 6.31. The molecule has 0 radical (unpaired) electrons. The van der Waals surface area contributed by atoms with Crippen molar-refractivity contribution in [1.82, 2.24) is 15.1 Å². The first-order valence-electron chi connectivity index (χ1n) is 9.89. The first-order valence-corrected chi connectivity index (χ1v) is 10.3. The van der Waals surface area contributed by atoms with E-state index in [1.54, 1.807) is 17.7 Å². The van der Waals surface area contributed by atoms with Crippen LogP contribution in [0.3, 0.4) is 0 Å². The monoisotopic (exact) mass is 415 g/mol. The molecule has 0 unspecified atom stereocenters. The number of carbonyl (C=O) groups excluding carboxylic acids is 2. The molecule has 1 aromatic heterocycles. The van der Waals surface area contributed by atoms with Gasteiger partial charge in [0.1, 0.15) is 10.7 Å². The number of amides is 1. The van der Waals surface area contributed by atoms with Gasteiger partial charge in [0.2, 0.25) is 5.91 Å². The maximum absolute atomic E-state index is 12.5. The third-order valence-electron chi connectivity index (χ3n) is 5.17. The van der Waals surface area contributed by atoms with Crippen LogP contribution in [0.5, 0.6) is 0 Å². The average Bonchev–Trinajstić information content (AvgIpc) is 3.27. The molecule has 1 heterocycles. The van der Waals surface area contributed by atoms with E-state index in [9.17, 15) is 9.59 Å². The molecule has 1 aliphatic rings. The lowest BCUT2D eigenvalue weighted by Gasteiger charge is -2.27. The Kier molecular flexibility index (Phi) is 6.75. The van der Waals surface area contributed by atoms with Crippen LogP contribution in [-0.4, -0.2) is 33.8 Å². The summed E-state index contributed by atoms with van der Waals surface area (Å²) in [6.45, 7) is 4.45. The predicted octanol–water partition coefficient (Wildman–Crippen LogP) is 3.90. The third-order valence-corrected chi connectivity index (χ3v) is 5.57. The van der Waals surface area contributed by atoms with E-state index in [4.69, 9.17) is 16.3 Å². The molecule has 1 saturated carbocycles. The van der Waals surface area contributed by atoms with Gasteiger partial charge in [-0.05, 0) is 38.3 Å². The molecule has 1 fully saturated rings. The summed E-state index contributed by atoms with van der Waals surface area (Å²) in [7, 11) is 0. The predicted molar refractivity (Wildman–Crippen MR) is 113 cm³/mol. The Bertz CT molecular complexity index is 900. The molecular formula is C22H26ClN3O3. The highest BCUT2D eigenvalue weighted by atomic mass is 35.5. The van der Waals surface area contributed by atoms with E-state index in [1.807, 2.05) is 37.3 Å². The summed E-state index contributed by atoms with van der Waals surface area (Å²) in [6.07, 6.45) is 6.03. The van der Waals surface area contributed by atoms with E-state index in [0.29, 0.717) is 36.7 Å². The van der Waals surface area contributed by atoms with Gasteiger partial charge < -0.3 is 10.1 Å². The van der Waals surface area contributed by atoms with Gasteiger partial charge in [-0.2, -0.15) is 5.10 Å². The fourth-order valence-electron chi connectivity index (χ4n) is 3.68. The Hall–Kier alpha value is -2.60. The van der Waals surface area contributed by atoms with E-state index in [-0.39, 0.29) is 11.9 Å². The Morgan fingerprint density at radius 1 is 1.28 bits per heavy atom. The average molecular weight is 416 g/mol. The molecule has 0 spiro atoms. The van der Waals surface area contributed by atoms with Gasteiger partial charge in [-0.25, -0.2) is 9.48 Å². The summed E-state index contributed by atoms with van der Waals surface area (Å²) >= 11 is 6.50. The molecule has 0 saturated heterocycles. The van der Waals surface area contributed by atoms with Crippen molar-refractivity contribution in [3.63, 3.8) is 0 Å². The van der Waals surface area contributed by atoms with E-state index >= 15 is 0 Å². The molecular weight excluding hydrogens is 390 g/mol. The van der Waals surface area contributed by atoms with Gasteiger partial charge in [-0.1, -0.05) is 54.8 Å². The number of ether oxygens (including phenoxy) is 1. The molecule has 0 atom stereocenters. The second-order valence-corrected chi connectivity index (χ2v) is 7.62. The molecule has 1 aliphatic carbocycles. The van der Waals surface area contributed by atoms with Crippen LogP contribution in [0.1, 0.15) is 49.4 Å². The van der Waals surface area contributed by atoms with Crippen molar-refractivity contribution in [2.75, 3.05) is 6.61 Å². The van der Waals surface area contributed by atoms with Crippen molar-refractivity contribution < 1.29 is 14.3 Å². The number of halogens is 1. The third kappa shape index (κ3) is 4.88. The molecule has 1 aromatic carbocycles. The molecule has 6 nitrogen and oxygen atoms in total. The Labute approximate surface area is 175 Å². The van der Waals surface area contributed by atoms with Gasteiger partial charge in [0.05, 0.1) is 18.8 Å². The SMILES string of the molecule is CCOC(=O)C1(NC(=O)/C=C/c2c(C)nn(Cc3ccccc3)c2Cl)CCCC1. The van der Waals surface area contributed by atoms with E-state index in [2.05, 4.69) is 10.4 Å². The summed E-state index contributed by atoms with van der Waals surface area (Å²) in [5.41, 5.74) is 1.58. The number of nitrogens with zero attached hydrogens (tertiary/aromatic N) is 2. The van der Waals surface area contributed by atoms with Crippen LogP contribution in [0.4, 0.5) is 0 Å². The lowest BCUT2D eigenvalue weighted by atomic mass is 9.97. The first-order chi connectivity index (χ1) is 13.9. The molecule has 2 aromatic rings. The minimum Gasteiger partial charge on any atom is -0.464 e. The zero-order valence-corrected chi connectivity index (χ0v) is 17.5. The normalized spacial score (nSPS) is 15.6. The highest BCUT2D eigenvalue weighted by Gasteiger charge is 2.43. The topological polar surface area (TPSA) is 73.2 Å². The molecule has 1 N–H and O–H groups in total. The fraction of sp³-hybridized carbons (Fsp3) is 0.409. The van der Waals surface area contributed by atoms with E-state index in [1.165, 1.54) is 6.08 Å². The number of benzene rings is 1. The van der Waals surface area contributed by atoms with Crippen molar-refractivity contribution in [1.29, 1.82) is 0 Å². The summed E-state index contributed by atoms with van der Waals surface area (Å²) in [4.78, 5) is 24.9. The smallest absolute Gasteiger partial charge is 0.331 e. The molecule has 7 heteroatoms. The van der Waals surface area contributed by atoms with Crippen molar-refractivity contribution >= 4 is 29.6 Å². The van der Waals surface area contributed by atoms with Gasteiger partial charge in [-0.15, -0.1) is 0 Å². The fourth-order valence-corrected chi connectivity index (χ4v) is 3.98. The van der Waals surface area contributed by atoms with Crippen molar-refractivity contribution in [3.8, 4) is 0 Å². The highest BCUT2D eigenvalue weighted by Crippen LogP contribution is 2.31. The summed E-state index contributed by atoms with van der Waals surface area (Å²) in [6, 6.07) is 9.90. The second-order valence-electron chi connectivity index (χ2n) is 7.27. The zero-order chi connectivity index (χ0) is 20.9. The number of aromatic nitrogens is 2. The zero-order valence-electron chi connectivity index (χ0n) is 16.8.